The quantitative estimate of drug-likeness (QED) is 0.0859. The molecule has 0 fully saturated rings. The largest absolute Gasteiger partial charge is 0.382 e. The number of ether oxygens (including phenoxy) is 2. The van der Waals surface area contributed by atoms with Crippen LogP contribution in [0.1, 0.15) is 80.1 Å². The van der Waals surface area contributed by atoms with Crippen molar-refractivity contribution >= 4 is 49.0 Å². The molecule has 176 valence electrons. The van der Waals surface area contributed by atoms with Gasteiger partial charge in [-0.2, -0.15) is 0 Å². The molecule has 29 heavy (non-hydrogen) atoms. The van der Waals surface area contributed by atoms with Crippen LogP contribution < -0.4 is 0 Å². The summed E-state index contributed by atoms with van der Waals surface area (Å²) in [6.07, 6.45) is 7.95. The Morgan fingerprint density at radius 3 is 1.28 bits per heavy atom. The van der Waals surface area contributed by atoms with Gasteiger partial charge >= 0.3 is 0 Å². The Morgan fingerprint density at radius 2 is 0.966 bits per heavy atom. The van der Waals surface area contributed by atoms with E-state index in [-0.39, 0.29) is 0 Å². The molecule has 0 aromatic rings. The lowest BCUT2D eigenvalue weighted by Crippen LogP contribution is -2.32. The first-order valence-corrected chi connectivity index (χ1v) is 20.7. The summed E-state index contributed by atoms with van der Waals surface area (Å²) in [7, 11) is 4.77. The van der Waals surface area contributed by atoms with Gasteiger partial charge in [-0.05, 0) is 49.4 Å². The van der Waals surface area contributed by atoms with E-state index in [4.69, 9.17) is 9.47 Å². The average molecular weight is 499 g/mol. The molecule has 0 aliphatic rings. The third-order valence-corrected chi connectivity index (χ3v) is 17.7. The zero-order valence-corrected chi connectivity index (χ0v) is 25.0. The maximum absolute atomic E-state index is 6.07. The van der Waals surface area contributed by atoms with Crippen LogP contribution >= 0.6 is 31.4 Å². The van der Waals surface area contributed by atoms with Crippen molar-refractivity contribution in [3.8, 4) is 0 Å². The molecule has 0 aliphatic heterocycles. The van der Waals surface area contributed by atoms with Gasteiger partial charge in [0.05, 0.1) is 17.6 Å². The Hall–Kier alpha value is 1.40. The lowest BCUT2D eigenvalue weighted by atomic mass is 10.2. The first-order chi connectivity index (χ1) is 14.2. The maximum Gasteiger partial charge on any atom is 0.0711 e. The second kappa shape index (κ2) is 22.6. The molecule has 0 rings (SSSR count). The third kappa shape index (κ3) is 15.8. The number of hydrogen-bond acceptors (Lipinski definition) is 5. The van der Waals surface area contributed by atoms with Crippen LogP contribution in [0.25, 0.3) is 0 Å². The molecule has 0 N–H and O–H groups in total. The molecular formula is C22H50O2S3Si2. The Bertz CT molecular complexity index is 303. The van der Waals surface area contributed by atoms with E-state index in [1.165, 1.54) is 74.2 Å². The van der Waals surface area contributed by atoms with Crippen molar-refractivity contribution < 1.29 is 9.47 Å². The molecule has 0 saturated heterocycles. The summed E-state index contributed by atoms with van der Waals surface area (Å²) in [4.78, 5) is 0. The van der Waals surface area contributed by atoms with Crippen molar-refractivity contribution in [1.29, 1.82) is 0 Å². The van der Waals surface area contributed by atoms with Crippen molar-refractivity contribution in [2.24, 2.45) is 0 Å². The molecule has 2 nitrogen and oxygen atoms in total. The fourth-order valence-electron chi connectivity index (χ4n) is 4.08. The molecule has 0 aromatic heterocycles. The van der Waals surface area contributed by atoms with E-state index in [0.717, 1.165) is 13.2 Å². The third-order valence-electron chi connectivity index (χ3n) is 5.94. The van der Waals surface area contributed by atoms with Gasteiger partial charge in [-0.15, -0.1) is 0 Å². The van der Waals surface area contributed by atoms with E-state index in [0.29, 0.717) is 11.5 Å². The molecule has 0 saturated carbocycles. The lowest BCUT2D eigenvalue weighted by Gasteiger charge is -2.24. The highest BCUT2D eigenvalue weighted by Crippen LogP contribution is 2.36. The van der Waals surface area contributed by atoms with Crippen molar-refractivity contribution in [2.75, 3.05) is 24.7 Å². The van der Waals surface area contributed by atoms with Crippen LogP contribution in [0.4, 0.5) is 0 Å². The van der Waals surface area contributed by atoms with Crippen molar-refractivity contribution in [1.82, 2.24) is 0 Å². The topological polar surface area (TPSA) is 18.5 Å². The standard InChI is InChI=1S/C22H50O2S3Si2/c1-7-23-21(28(9-3)10-4)17-13-15-19-25-27-26-20-16-14-18-22(24-8-2)29(11-5)12-6/h21-22,28-29H,7-20H2,1-6H3. The first-order valence-electron chi connectivity index (χ1n) is 12.3. The Labute approximate surface area is 198 Å². The van der Waals surface area contributed by atoms with Gasteiger partial charge in [0, 0.05) is 36.2 Å². The van der Waals surface area contributed by atoms with Gasteiger partial charge in [0.2, 0.25) is 0 Å². The van der Waals surface area contributed by atoms with Gasteiger partial charge < -0.3 is 9.47 Å². The van der Waals surface area contributed by atoms with Crippen LogP contribution in [-0.2, 0) is 9.47 Å². The molecule has 0 aliphatic carbocycles. The van der Waals surface area contributed by atoms with Crippen LogP contribution in [0.2, 0.25) is 24.2 Å². The number of unbranched alkanes of at least 4 members (excludes halogenated alkanes) is 2. The normalized spacial score (nSPS) is 14.1. The van der Waals surface area contributed by atoms with E-state index < -0.39 is 17.6 Å². The average Bonchev–Trinajstić information content (AvgIpc) is 2.73. The minimum absolute atomic E-state index is 0.616. The molecule has 2 unspecified atom stereocenters. The van der Waals surface area contributed by atoms with Crippen LogP contribution in [-0.4, -0.2) is 53.8 Å². The van der Waals surface area contributed by atoms with Crippen LogP contribution in [0.5, 0.6) is 0 Å². The number of rotatable bonds is 22. The zero-order valence-electron chi connectivity index (χ0n) is 20.3. The van der Waals surface area contributed by atoms with Gasteiger partial charge in [-0.1, -0.05) is 86.3 Å². The summed E-state index contributed by atoms with van der Waals surface area (Å²) in [6, 6.07) is 5.53. The van der Waals surface area contributed by atoms with Crippen LogP contribution in [0.15, 0.2) is 0 Å². The van der Waals surface area contributed by atoms with Gasteiger partial charge in [-0.3, -0.25) is 0 Å². The minimum Gasteiger partial charge on any atom is -0.382 e. The van der Waals surface area contributed by atoms with E-state index in [9.17, 15) is 0 Å². The SMILES string of the molecule is CCOC(CCCCSSSCCCCC(OCC)[SiH](CC)CC)[SiH](CC)CC. The molecule has 0 aromatic carbocycles. The molecule has 7 heteroatoms. The summed E-state index contributed by atoms with van der Waals surface area (Å²) in [5.41, 5.74) is 1.23. The highest BCUT2D eigenvalue weighted by Gasteiger charge is 2.20. The molecule has 0 heterocycles. The maximum atomic E-state index is 6.07. The summed E-state index contributed by atoms with van der Waals surface area (Å²) in [6.45, 7) is 15.5. The van der Waals surface area contributed by atoms with Crippen LogP contribution in [0.3, 0.4) is 0 Å². The molecule has 0 amide bonds. The fraction of sp³-hybridized carbons (Fsp3) is 1.00. The van der Waals surface area contributed by atoms with E-state index in [2.05, 4.69) is 63.1 Å². The summed E-state index contributed by atoms with van der Waals surface area (Å²) < 4.78 is 12.1. The summed E-state index contributed by atoms with van der Waals surface area (Å²) in [5, 5.41) is 0. The molecular weight excluding hydrogens is 449 g/mol. The molecule has 2 atom stereocenters. The molecule has 0 bridgehead atoms. The fourth-order valence-corrected chi connectivity index (χ4v) is 13.7. The van der Waals surface area contributed by atoms with E-state index in [1.807, 2.05) is 9.83 Å². The lowest BCUT2D eigenvalue weighted by molar-refractivity contribution is 0.106. The predicted octanol–water partition coefficient (Wildman–Crippen LogP) is 7.78. The summed E-state index contributed by atoms with van der Waals surface area (Å²) >= 11 is 0. The van der Waals surface area contributed by atoms with Gasteiger partial charge in [0.25, 0.3) is 0 Å². The zero-order chi connectivity index (χ0) is 21.7. The van der Waals surface area contributed by atoms with Crippen molar-refractivity contribution in [2.45, 2.75) is 116 Å². The Morgan fingerprint density at radius 1 is 0.586 bits per heavy atom. The number of hydrogen-bond donors (Lipinski definition) is 0. The molecule has 0 radical (unpaired) electrons. The molecule has 0 spiro atoms. The first kappa shape index (κ1) is 30.4. The monoisotopic (exact) mass is 498 g/mol. The Kier molecular flexibility index (Phi) is 23.7. The van der Waals surface area contributed by atoms with Crippen molar-refractivity contribution in [3.05, 3.63) is 0 Å². The second-order valence-corrected chi connectivity index (χ2v) is 20.1. The smallest absolute Gasteiger partial charge is 0.0711 e. The van der Waals surface area contributed by atoms with Gasteiger partial charge in [0.15, 0.2) is 0 Å². The van der Waals surface area contributed by atoms with Crippen LogP contribution in [0, 0.1) is 0 Å². The Balaban J connectivity index is 3.67. The van der Waals surface area contributed by atoms with Crippen molar-refractivity contribution in [3.63, 3.8) is 0 Å². The van der Waals surface area contributed by atoms with E-state index in [1.54, 1.807) is 0 Å². The highest BCUT2D eigenvalue weighted by atomic mass is 33.5. The summed E-state index contributed by atoms with van der Waals surface area (Å²) in [5.74, 6) is 2.57. The van der Waals surface area contributed by atoms with Gasteiger partial charge in [-0.25, -0.2) is 0 Å². The van der Waals surface area contributed by atoms with Gasteiger partial charge in [0.1, 0.15) is 0 Å². The van der Waals surface area contributed by atoms with E-state index >= 15 is 0 Å². The predicted molar refractivity (Wildman–Crippen MR) is 147 cm³/mol. The highest BCUT2D eigenvalue weighted by molar-refractivity contribution is 9.09. The second-order valence-electron chi connectivity index (χ2n) is 7.84. The minimum atomic E-state index is -0.674.